The van der Waals surface area contributed by atoms with Crippen LogP contribution in [0.1, 0.15) is 25.3 Å². The van der Waals surface area contributed by atoms with E-state index in [2.05, 4.69) is 38.1 Å². The summed E-state index contributed by atoms with van der Waals surface area (Å²) in [5, 5.41) is 0. The van der Waals surface area contributed by atoms with Crippen molar-refractivity contribution in [3.8, 4) is 16.9 Å². The molecule has 2 nitrogen and oxygen atoms in total. The quantitative estimate of drug-likeness (QED) is 0.573. The van der Waals surface area contributed by atoms with Gasteiger partial charge in [0.2, 0.25) is 0 Å². The zero-order valence-electron chi connectivity index (χ0n) is 13.5. The second kappa shape index (κ2) is 6.66. The highest BCUT2D eigenvalue weighted by molar-refractivity contribution is 5.90. The lowest BCUT2D eigenvalue weighted by molar-refractivity contribution is -0.130. The van der Waals surface area contributed by atoms with Gasteiger partial charge in [0, 0.05) is 5.57 Å². The van der Waals surface area contributed by atoms with Gasteiger partial charge < -0.3 is 4.74 Å². The molecule has 0 fully saturated rings. The lowest BCUT2D eigenvalue weighted by Crippen LogP contribution is -2.12. The molecule has 0 heterocycles. The van der Waals surface area contributed by atoms with Crippen molar-refractivity contribution in [2.75, 3.05) is 0 Å². The minimum atomic E-state index is -0.253. The first-order valence-electron chi connectivity index (χ1n) is 7.87. The Balaban J connectivity index is 1.70. The maximum Gasteiger partial charge on any atom is 0.339 e. The third kappa shape index (κ3) is 3.78. The van der Waals surface area contributed by atoms with Crippen LogP contribution >= 0.6 is 0 Å². The van der Waals surface area contributed by atoms with E-state index < -0.39 is 0 Å². The van der Waals surface area contributed by atoms with Gasteiger partial charge in [-0.3, -0.25) is 0 Å². The number of rotatable bonds is 3. The lowest BCUT2D eigenvalue weighted by atomic mass is 10.00. The SMILES string of the molecule is CC1=CC=C(C(=O)Oc2ccc(-c3ccc(C)cc3)cc2)CC1. The highest BCUT2D eigenvalue weighted by Gasteiger charge is 2.14. The highest BCUT2D eigenvalue weighted by Crippen LogP contribution is 2.24. The van der Waals surface area contributed by atoms with E-state index in [1.54, 1.807) is 0 Å². The number of esters is 1. The Morgan fingerprint density at radius 1 is 0.826 bits per heavy atom. The van der Waals surface area contributed by atoms with Gasteiger partial charge in [-0.2, -0.15) is 0 Å². The molecule has 23 heavy (non-hydrogen) atoms. The third-order valence-electron chi connectivity index (χ3n) is 4.07. The molecule has 2 heteroatoms. The van der Waals surface area contributed by atoms with Gasteiger partial charge in [-0.05, 0) is 49.9 Å². The van der Waals surface area contributed by atoms with Crippen molar-refractivity contribution in [2.24, 2.45) is 0 Å². The van der Waals surface area contributed by atoms with Gasteiger partial charge in [0.05, 0.1) is 0 Å². The fourth-order valence-electron chi connectivity index (χ4n) is 2.55. The van der Waals surface area contributed by atoms with Crippen molar-refractivity contribution >= 4 is 5.97 Å². The maximum atomic E-state index is 12.1. The molecule has 0 aromatic heterocycles. The molecule has 0 radical (unpaired) electrons. The second-order valence-corrected chi connectivity index (χ2v) is 5.98. The fraction of sp³-hybridized carbons (Fsp3) is 0.190. The minimum Gasteiger partial charge on any atom is -0.423 e. The van der Waals surface area contributed by atoms with Crippen LogP contribution in [0.25, 0.3) is 11.1 Å². The molecule has 116 valence electrons. The van der Waals surface area contributed by atoms with E-state index in [0.29, 0.717) is 5.75 Å². The Bertz CT molecular complexity index is 762. The number of ether oxygens (including phenoxy) is 1. The summed E-state index contributed by atoms with van der Waals surface area (Å²) in [6.07, 6.45) is 5.53. The molecule has 0 unspecified atom stereocenters. The molecule has 0 bridgehead atoms. The van der Waals surface area contributed by atoms with Crippen molar-refractivity contribution in [2.45, 2.75) is 26.7 Å². The van der Waals surface area contributed by atoms with E-state index in [0.717, 1.165) is 29.5 Å². The van der Waals surface area contributed by atoms with E-state index in [9.17, 15) is 4.79 Å². The molecule has 2 aromatic carbocycles. The van der Waals surface area contributed by atoms with Crippen molar-refractivity contribution < 1.29 is 9.53 Å². The standard InChI is InChI=1S/C21H20O2/c1-15-3-7-17(8-4-15)18-11-13-20(14-12-18)23-21(22)19-9-5-16(2)6-10-19/h3-5,7-9,11-14H,6,10H2,1-2H3. The van der Waals surface area contributed by atoms with E-state index in [1.165, 1.54) is 11.1 Å². The largest absolute Gasteiger partial charge is 0.423 e. The fourth-order valence-corrected chi connectivity index (χ4v) is 2.55. The molecule has 3 rings (SSSR count). The number of carbonyl (C=O) groups excluding carboxylic acids is 1. The molecule has 1 aliphatic rings. The summed E-state index contributed by atoms with van der Waals surface area (Å²) < 4.78 is 5.46. The summed E-state index contributed by atoms with van der Waals surface area (Å²) in [7, 11) is 0. The van der Waals surface area contributed by atoms with Crippen LogP contribution in [0.5, 0.6) is 5.75 Å². The summed E-state index contributed by atoms with van der Waals surface area (Å²) >= 11 is 0. The minimum absolute atomic E-state index is 0.253. The van der Waals surface area contributed by atoms with Crippen LogP contribution in [0, 0.1) is 6.92 Å². The van der Waals surface area contributed by atoms with Gasteiger partial charge in [0.15, 0.2) is 0 Å². The predicted octanol–water partition coefficient (Wildman–Crippen LogP) is 5.23. The van der Waals surface area contributed by atoms with E-state index in [4.69, 9.17) is 4.74 Å². The van der Waals surface area contributed by atoms with Gasteiger partial charge in [0.1, 0.15) is 5.75 Å². The first kappa shape index (κ1) is 15.3. The summed E-state index contributed by atoms with van der Waals surface area (Å²) in [6.45, 7) is 4.14. The average Bonchev–Trinajstić information content (AvgIpc) is 2.57. The average molecular weight is 304 g/mol. The van der Waals surface area contributed by atoms with Gasteiger partial charge in [-0.25, -0.2) is 4.79 Å². The summed E-state index contributed by atoms with van der Waals surface area (Å²) in [6, 6.07) is 16.0. The molecular weight excluding hydrogens is 284 g/mol. The highest BCUT2D eigenvalue weighted by atomic mass is 16.5. The summed E-state index contributed by atoms with van der Waals surface area (Å²) in [4.78, 5) is 12.1. The zero-order chi connectivity index (χ0) is 16.2. The monoisotopic (exact) mass is 304 g/mol. The normalized spacial score (nSPS) is 14.0. The molecule has 1 aliphatic carbocycles. The van der Waals surface area contributed by atoms with Gasteiger partial charge in [-0.1, -0.05) is 59.7 Å². The molecule has 0 saturated heterocycles. The molecule has 0 saturated carbocycles. The number of benzene rings is 2. The maximum absolute atomic E-state index is 12.1. The molecule has 0 aliphatic heterocycles. The van der Waals surface area contributed by atoms with Gasteiger partial charge >= 0.3 is 5.97 Å². The third-order valence-corrected chi connectivity index (χ3v) is 4.07. The molecular formula is C21H20O2. The number of aryl methyl sites for hydroxylation is 1. The molecule has 0 spiro atoms. The predicted molar refractivity (Wildman–Crippen MR) is 93.3 cm³/mol. The van der Waals surface area contributed by atoms with Crippen LogP contribution in [-0.2, 0) is 4.79 Å². The van der Waals surface area contributed by atoms with Crippen molar-refractivity contribution in [1.29, 1.82) is 0 Å². The van der Waals surface area contributed by atoms with Gasteiger partial charge in [0.25, 0.3) is 0 Å². The smallest absolute Gasteiger partial charge is 0.339 e. The number of hydrogen-bond donors (Lipinski definition) is 0. The summed E-state index contributed by atoms with van der Waals surface area (Å²) in [5.41, 5.74) is 5.54. The number of allylic oxidation sites excluding steroid dienone is 3. The Morgan fingerprint density at radius 3 is 2.00 bits per heavy atom. The number of carbonyl (C=O) groups is 1. The topological polar surface area (TPSA) is 26.3 Å². The molecule has 2 aromatic rings. The van der Waals surface area contributed by atoms with Crippen LogP contribution in [0.2, 0.25) is 0 Å². The van der Waals surface area contributed by atoms with E-state index in [-0.39, 0.29) is 5.97 Å². The molecule has 0 N–H and O–H groups in total. The Kier molecular flexibility index (Phi) is 4.42. The Labute approximate surface area is 137 Å². The molecule has 0 atom stereocenters. The first-order chi connectivity index (χ1) is 11.1. The second-order valence-electron chi connectivity index (χ2n) is 5.98. The summed E-state index contributed by atoms with van der Waals surface area (Å²) in [5.74, 6) is 0.329. The molecule has 0 amide bonds. The number of hydrogen-bond acceptors (Lipinski definition) is 2. The van der Waals surface area contributed by atoms with E-state index in [1.807, 2.05) is 36.4 Å². The van der Waals surface area contributed by atoms with E-state index >= 15 is 0 Å². The van der Waals surface area contributed by atoms with Crippen molar-refractivity contribution in [3.63, 3.8) is 0 Å². The van der Waals surface area contributed by atoms with Crippen LogP contribution in [0.4, 0.5) is 0 Å². The van der Waals surface area contributed by atoms with Crippen LogP contribution in [-0.4, -0.2) is 5.97 Å². The Hall–Kier alpha value is -2.61. The first-order valence-corrected chi connectivity index (χ1v) is 7.87. The van der Waals surface area contributed by atoms with Crippen LogP contribution in [0.3, 0.4) is 0 Å². The van der Waals surface area contributed by atoms with Gasteiger partial charge in [-0.15, -0.1) is 0 Å². The van der Waals surface area contributed by atoms with Crippen molar-refractivity contribution in [1.82, 2.24) is 0 Å². The van der Waals surface area contributed by atoms with Crippen LogP contribution < -0.4 is 4.74 Å². The van der Waals surface area contributed by atoms with Crippen LogP contribution in [0.15, 0.2) is 71.8 Å². The lowest BCUT2D eigenvalue weighted by Gasteiger charge is -2.11. The Morgan fingerprint density at radius 2 is 1.43 bits per heavy atom. The zero-order valence-corrected chi connectivity index (χ0v) is 13.5. The van der Waals surface area contributed by atoms with Crippen molar-refractivity contribution in [3.05, 3.63) is 77.4 Å².